The molecule has 2 bridgehead atoms. The Bertz CT molecular complexity index is 1930. The van der Waals surface area contributed by atoms with E-state index < -0.39 is 66.4 Å². The van der Waals surface area contributed by atoms with Gasteiger partial charge in [-0.1, -0.05) is 11.2 Å². The largest absolute Gasteiger partial charge is 0.524 e. The summed E-state index contributed by atoms with van der Waals surface area (Å²) in [5, 5.41) is 6.57. The van der Waals surface area contributed by atoms with Crippen LogP contribution in [0.2, 0.25) is 0 Å². The van der Waals surface area contributed by atoms with Gasteiger partial charge in [-0.3, -0.25) is 24.2 Å². The molecular weight excluding hydrogens is 673 g/mol. The van der Waals surface area contributed by atoms with Crippen LogP contribution in [0.25, 0.3) is 0 Å². The maximum Gasteiger partial charge on any atom is 0.524 e. The van der Waals surface area contributed by atoms with Crippen LogP contribution < -0.4 is 24.7 Å². The second-order valence-corrected chi connectivity index (χ2v) is 12.9. The number of carbonyl (C=O) groups is 2. The predicted octanol–water partition coefficient (Wildman–Crippen LogP) is 3.24. The molecule has 1 spiro atoms. The van der Waals surface area contributed by atoms with Crippen molar-refractivity contribution < 1.29 is 56.3 Å². The monoisotopic (exact) mass is 704 g/mol. The first kappa shape index (κ1) is 33.9. The van der Waals surface area contributed by atoms with Gasteiger partial charge in [0.1, 0.15) is 28.7 Å². The van der Waals surface area contributed by atoms with Crippen molar-refractivity contribution in [2.45, 2.75) is 50.4 Å². The van der Waals surface area contributed by atoms with Crippen molar-refractivity contribution in [2.24, 2.45) is 5.16 Å². The summed E-state index contributed by atoms with van der Waals surface area (Å²) >= 11 is 0. The highest BCUT2D eigenvalue weighted by molar-refractivity contribution is 7.46. The van der Waals surface area contributed by atoms with Gasteiger partial charge in [0.05, 0.1) is 19.6 Å². The van der Waals surface area contributed by atoms with E-state index in [-0.39, 0.29) is 48.3 Å². The third-order valence-electron chi connectivity index (χ3n) is 8.68. The number of oxime groups is 1. The van der Waals surface area contributed by atoms with E-state index >= 15 is 0 Å². The molecule has 3 N–H and O–H groups in total. The Hall–Kier alpha value is -4.99. The molecule has 1 saturated heterocycles. The molecule has 3 atom stereocenters. The lowest BCUT2D eigenvalue weighted by Gasteiger charge is -2.42. The molecule has 2 aromatic carbocycles. The minimum Gasteiger partial charge on any atom is -0.482 e. The fourth-order valence-electron chi connectivity index (χ4n) is 6.14. The van der Waals surface area contributed by atoms with Crippen molar-refractivity contribution >= 4 is 25.5 Å². The smallest absolute Gasteiger partial charge is 0.482 e. The Morgan fingerprint density at radius 1 is 1.14 bits per heavy atom. The van der Waals surface area contributed by atoms with Crippen LogP contribution in [-0.2, 0) is 20.7 Å². The first-order valence-corrected chi connectivity index (χ1v) is 16.5. The van der Waals surface area contributed by atoms with Crippen LogP contribution in [0.1, 0.15) is 58.6 Å². The summed E-state index contributed by atoms with van der Waals surface area (Å²) in [5.74, 6) is -3.26. The molecule has 260 valence electrons. The van der Waals surface area contributed by atoms with Gasteiger partial charge in [0.2, 0.25) is 23.9 Å². The minimum atomic E-state index is -4.79. The van der Waals surface area contributed by atoms with Crippen LogP contribution in [0.4, 0.5) is 8.78 Å². The molecule has 2 amide bonds. The number of carbonyl (C=O) groups excluding carboxylic acids is 2. The molecule has 18 heteroatoms. The van der Waals surface area contributed by atoms with E-state index in [0.29, 0.717) is 24.8 Å². The zero-order chi connectivity index (χ0) is 35.1. The normalized spacial score (nSPS) is 21.3. The average Bonchev–Trinajstić information content (AvgIpc) is 3.43. The van der Waals surface area contributed by atoms with E-state index in [4.69, 9.17) is 28.8 Å². The lowest BCUT2D eigenvalue weighted by molar-refractivity contribution is -0.0657. The van der Waals surface area contributed by atoms with Crippen LogP contribution in [-0.4, -0.2) is 69.1 Å². The second-order valence-electron chi connectivity index (χ2n) is 11.7. The molecule has 0 radical (unpaired) electrons. The highest BCUT2D eigenvalue weighted by atomic mass is 31.2. The lowest BCUT2D eigenvalue weighted by Crippen LogP contribution is -2.52. The number of nitrogens with zero attached hydrogens (tertiary/aromatic N) is 3. The van der Waals surface area contributed by atoms with Crippen molar-refractivity contribution in [2.75, 3.05) is 20.4 Å². The van der Waals surface area contributed by atoms with Gasteiger partial charge in [0.15, 0.2) is 11.3 Å². The number of pyridine rings is 1. The number of hydrogen-bond donors (Lipinski definition) is 3. The van der Waals surface area contributed by atoms with Crippen LogP contribution in [0.3, 0.4) is 0 Å². The highest BCUT2D eigenvalue weighted by Gasteiger charge is 2.55. The quantitative estimate of drug-likeness (QED) is 0.219. The number of ether oxygens (including phenoxy) is 3. The Morgan fingerprint density at radius 3 is 2.55 bits per heavy atom. The van der Waals surface area contributed by atoms with Crippen molar-refractivity contribution in [3.8, 4) is 17.2 Å². The summed E-state index contributed by atoms with van der Waals surface area (Å²) in [4.78, 5) is 67.1. The second kappa shape index (κ2) is 13.1. The molecule has 0 saturated carbocycles. The van der Waals surface area contributed by atoms with Gasteiger partial charge in [0.25, 0.3) is 11.8 Å². The number of fused-ring (bicyclic) bond motifs is 5. The zero-order valence-electron chi connectivity index (χ0n) is 26.1. The van der Waals surface area contributed by atoms with E-state index in [1.807, 2.05) is 6.92 Å². The summed E-state index contributed by atoms with van der Waals surface area (Å²) in [6.07, 6.45) is 2.48. The number of amides is 2. The van der Waals surface area contributed by atoms with Gasteiger partial charge >= 0.3 is 7.82 Å². The van der Waals surface area contributed by atoms with Crippen LogP contribution in [0, 0.1) is 11.6 Å². The number of phosphoric acid groups is 1. The van der Waals surface area contributed by atoms with E-state index in [0.717, 1.165) is 12.1 Å². The fourth-order valence-corrected chi connectivity index (χ4v) is 6.53. The molecule has 3 aliphatic heterocycles. The molecule has 1 fully saturated rings. The van der Waals surface area contributed by atoms with Crippen LogP contribution in [0.15, 0.2) is 58.6 Å². The summed E-state index contributed by atoms with van der Waals surface area (Å²) in [7, 11) is -3.33. The Balaban J connectivity index is 1.37. The van der Waals surface area contributed by atoms with Gasteiger partial charge in [-0.25, -0.2) is 13.3 Å². The third-order valence-corrected chi connectivity index (χ3v) is 9.13. The number of benzene rings is 2. The first-order valence-electron chi connectivity index (χ1n) is 15.0. The van der Waals surface area contributed by atoms with Crippen molar-refractivity contribution in [1.82, 2.24) is 14.8 Å². The number of hydrogen-bond acceptors (Lipinski definition) is 10. The van der Waals surface area contributed by atoms with Gasteiger partial charge < -0.3 is 38.4 Å². The molecule has 1 aromatic heterocycles. The number of halogens is 2. The van der Waals surface area contributed by atoms with Crippen LogP contribution in [0.5, 0.6) is 17.2 Å². The molecule has 3 aromatic rings. The van der Waals surface area contributed by atoms with Crippen LogP contribution >= 0.6 is 7.82 Å². The number of methoxy groups -OCH3 is 1. The van der Waals surface area contributed by atoms with Crippen molar-refractivity contribution in [1.29, 1.82) is 0 Å². The Morgan fingerprint density at radius 2 is 1.88 bits per heavy atom. The number of phosphoric ester groups is 1. The molecule has 49 heavy (non-hydrogen) atoms. The van der Waals surface area contributed by atoms with E-state index in [1.165, 1.54) is 42.1 Å². The van der Waals surface area contributed by atoms with Crippen molar-refractivity contribution in [3.05, 3.63) is 87.3 Å². The molecular formula is C31H31F2N4O11P. The Kier molecular flexibility index (Phi) is 9.09. The maximum atomic E-state index is 14.3. The maximum absolute atomic E-state index is 14.3. The fraction of sp³-hybridized carbons (Fsp3) is 0.355. The van der Waals surface area contributed by atoms with Gasteiger partial charge in [-0.2, -0.15) is 0 Å². The standard InChI is InChI=1S/C31H31F2N4O11P/c1-17-9-10-31(12-25(44-2)35-48-31)24-15-36(17)30(40)26-28(46-16-45-20-5-7-21(8-6-20)47-49(41,42)43)27(38)22(14-37(24)26)29(39)34-13-18-3-4-19(32)11-23(18)33/h3-8,11,14,17,24H,9-10,12-13,15-16H2,1-2H3,(H,34,39)(H2,41,42,43)/t17-,24+,31-/m0/s1. The van der Waals surface area contributed by atoms with Crippen molar-refractivity contribution in [3.63, 3.8) is 0 Å². The average molecular weight is 705 g/mol. The summed E-state index contributed by atoms with van der Waals surface area (Å²) in [6.45, 7) is 1.02. The predicted molar refractivity (Wildman–Crippen MR) is 165 cm³/mol. The molecule has 15 nitrogen and oxygen atoms in total. The first-order chi connectivity index (χ1) is 23.3. The summed E-state index contributed by atoms with van der Waals surface area (Å²) in [5.41, 5.74) is -2.57. The van der Waals surface area contributed by atoms with E-state index in [1.54, 1.807) is 4.90 Å². The van der Waals surface area contributed by atoms with Gasteiger partial charge in [0, 0.05) is 37.0 Å². The SMILES string of the molecule is COC1=NO[C@@]2(CC[C@H](C)N3C[C@H]2n2cc(C(=O)NCc4ccc(F)cc4F)c(=O)c(OCOc4ccc(OP(=O)(O)O)cc4)c2C3=O)C1. The summed E-state index contributed by atoms with van der Waals surface area (Å²) in [6, 6.07) is 7.07. The molecule has 6 rings (SSSR count). The molecule has 4 heterocycles. The number of aromatic nitrogens is 1. The highest BCUT2D eigenvalue weighted by Crippen LogP contribution is 2.46. The number of nitrogens with one attached hydrogen (secondary N) is 1. The van der Waals surface area contributed by atoms with Gasteiger partial charge in [-0.05, 0) is 50.1 Å². The third kappa shape index (κ3) is 6.82. The molecule has 0 unspecified atom stereocenters. The Labute approximate surface area is 277 Å². The minimum absolute atomic E-state index is 0.0268. The van der Waals surface area contributed by atoms with E-state index in [9.17, 15) is 27.7 Å². The topological polar surface area (TPSA) is 187 Å². The summed E-state index contributed by atoms with van der Waals surface area (Å²) < 4.78 is 61.6. The molecule has 0 aliphatic carbocycles. The molecule has 3 aliphatic rings. The van der Waals surface area contributed by atoms with E-state index in [2.05, 4.69) is 15.0 Å². The zero-order valence-corrected chi connectivity index (χ0v) is 27.0. The van der Waals surface area contributed by atoms with Gasteiger partial charge in [-0.15, -0.1) is 0 Å². The number of rotatable bonds is 9. The lowest BCUT2D eigenvalue weighted by atomic mass is 9.85.